The molecule has 0 spiro atoms. The van der Waals surface area contributed by atoms with E-state index in [1.165, 1.54) is 0 Å². The Bertz CT molecular complexity index is 550. The number of benzene rings is 1. The lowest BCUT2D eigenvalue weighted by Crippen LogP contribution is -2.39. The van der Waals surface area contributed by atoms with E-state index in [1.807, 2.05) is 0 Å². The topological polar surface area (TPSA) is 99.6 Å². The number of nitroso groups, excluding NO2 is 1. The monoisotopic (exact) mass is 286 g/mol. The molecule has 6 heteroatoms. The van der Waals surface area contributed by atoms with E-state index in [1.54, 1.807) is 29.2 Å². The first-order valence-electron chi connectivity index (χ1n) is 7.01. The number of hydrogen-bond acceptors (Lipinski definition) is 5. The van der Waals surface area contributed by atoms with Crippen molar-refractivity contribution < 1.29 is 4.79 Å². The van der Waals surface area contributed by atoms with Crippen molar-refractivity contribution in [2.24, 2.45) is 10.9 Å². The van der Waals surface area contributed by atoms with Crippen LogP contribution in [-0.4, -0.2) is 29.4 Å². The van der Waals surface area contributed by atoms with Crippen molar-refractivity contribution in [1.82, 2.24) is 4.90 Å². The molecule has 0 aromatic heterocycles. The van der Waals surface area contributed by atoms with Crippen LogP contribution < -0.4 is 5.73 Å². The Morgan fingerprint density at radius 1 is 1.48 bits per heavy atom. The molecule has 2 N–H and O–H groups in total. The lowest BCUT2D eigenvalue weighted by Gasteiger charge is -2.21. The van der Waals surface area contributed by atoms with Crippen LogP contribution in [0, 0.1) is 16.2 Å². The Hall–Kier alpha value is -2.26. The molecule has 1 aromatic carbocycles. The number of nitriles is 1. The highest BCUT2D eigenvalue weighted by Crippen LogP contribution is 2.19. The summed E-state index contributed by atoms with van der Waals surface area (Å²) in [4.78, 5) is 24.1. The van der Waals surface area contributed by atoms with Crippen LogP contribution in [0.25, 0.3) is 0 Å². The number of amides is 1. The average molecular weight is 286 g/mol. The van der Waals surface area contributed by atoms with Gasteiger partial charge >= 0.3 is 0 Å². The third-order valence-corrected chi connectivity index (χ3v) is 3.70. The van der Waals surface area contributed by atoms with E-state index in [2.05, 4.69) is 11.2 Å². The van der Waals surface area contributed by atoms with Gasteiger partial charge in [-0.25, -0.2) is 0 Å². The molecule has 1 aliphatic heterocycles. The molecule has 110 valence electrons. The molecule has 1 amide bonds. The van der Waals surface area contributed by atoms with Crippen molar-refractivity contribution in [2.45, 2.75) is 37.8 Å². The number of rotatable bonds is 5. The summed E-state index contributed by atoms with van der Waals surface area (Å²) in [5.41, 5.74) is 7.35. The van der Waals surface area contributed by atoms with E-state index >= 15 is 0 Å². The van der Waals surface area contributed by atoms with Crippen LogP contribution in [-0.2, 0) is 11.2 Å². The van der Waals surface area contributed by atoms with Gasteiger partial charge in [0.15, 0.2) is 0 Å². The average Bonchev–Trinajstić information content (AvgIpc) is 2.96. The SMILES string of the molecule is N#C[C@@H]1CCCN1C(=O)C[C@H](N)Cc1ccc(N=O)cc1. The van der Waals surface area contributed by atoms with Crippen LogP contribution >= 0.6 is 0 Å². The molecule has 2 rings (SSSR count). The second-order valence-electron chi connectivity index (χ2n) is 5.30. The van der Waals surface area contributed by atoms with Crippen molar-refractivity contribution in [2.75, 3.05) is 6.54 Å². The summed E-state index contributed by atoms with van der Waals surface area (Å²) < 4.78 is 0. The van der Waals surface area contributed by atoms with Crippen LogP contribution in [0.5, 0.6) is 0 Å². The van der Waals surface area contributed by atoms with E-state index in [0.29, 0.717) is 18.7 Å². The minimum Gasteiger partial charge on any atom is -0.327 e. The Morgan fingerprint density at radius 3 is 2.81 bits per heavy atom. The normalized spacial score (nSPS) is 19.0. The van der Waals surface area contributed by atoms with Gasteiger partial charge in [-0.3, -0.25) is 4.79 Å². The molecule has 1 heterocycles. The molecule has 0 unspecified atom stereocenters. The predicted molar refractivity (Wildman–Crippen MR) is 78.5 cm³/mol. The van der Waals surface area contributed by atoms with Crippen molar-refractivity contribution in [3.63, 3.8) is 0 Å². The van der Waals surface area contributed by atoms with Crippen LogP contribution in [0.2, 0.25) is 0 Å². The fraction of sp³-hybridized carbons (Fsp3) is 0.467. The second-order valence-corrected chi connectivity index (χ2v) is 5.30. The molecule has 0 radical (unpaired) electrons. The number of nitrogens with zero attached hydrogens (tertiary/aromatic N) is 3. The highest BCUT2D eigenvalue weighted by atomic mass is 16.3. The Labute approximate surface area is 123 Å². The first-order chi connectivity index (χ1) is 10.1. The molecule has 0 bridgehead atoms. The van der Waals surface area contributed by atoms with Gasteiger partial charge in [-0.2, -0.15) is 5.26 Å². The van der Waals surface area contributed by atoms with Gasteiger partial charge in [-0.1, -0.05) is 12.1 Å². The second kappa shape index (κ2) is 6.95. The Morgan fingerprint density at radius 2 is 2.19 bits per heavy atom. The van der Waals surface area contributed by atoms with E-state index < -0.39 is 0 Å². The van der Waals surface area contributed by atoms with E-state index in [9.17, 15) is 9.70 Å². The lowest BCUT2D eigenvalue weighted by atomic mass is 10.0. The largest absolute Gasteiger partial charge is 0.327 e. The quantitative estimate of drug-likeness (QED) is 0.835. The van der Waals surface area contributed by atoms with Gasteiger partial charge in [0.05, 0.1) is 6.07 Å². The zero-order chi connectivity index (χ0) is 15.2. The van der Waals surface area contributed by atoms with Crippen LogP contribution in [0.15, 0.2) is 29.4 Å². The molecular formula is C15H18N4O2. The minimum absolute atomic E-state index is 0.0577. The third kappa shape index (κ3) is 3.86. The summed E-state index contributed by atoms with van der Waals surface area (Å²) in [7, 11) is 0. The summed E-state index contributed by atoms with van der Waals surface area (Å²) in [6.45, 7) is 0.642. The molecule has 2 atom stereocenters. The standard InChI is InChI=1S/C15H18N4O2/c16-10-14-2-1-7-19(14)15(20)9-12(17)8-11-3-5-13(18-21)6-4-11/h3-6,12,14H,1-2,7-9,17H2/t12-,14+/m1/s1. The van der Waals surface area contributed by atoms with Gasteiger partial charge in [-0.05, 0) is 42.1 Å². The smallest absolute Gasteiger partial charge is 0.225 e. The van der Waals surface area contributed by atoms with Gasteiger partial charge in [-0.15, -0.1) is 4.91 Å². The van der Waals surface area contributed by atoms with Gasteiger partial charge in [0.2, 0.25) is 5.91 Å². The van der Waals surface area contributed by atoms with Gasteiger partial charge in [0, 0.05) is 19.0 Å². The summed E-state index contributed by atoms with van der Waals surface area (Å²) >= 11 is 0. The molecule has 0 saturated carbocycles. The first kappa shape index (κ1) is 15.1. The molecule has 0 aliphatic carbocycles. The zero-order valence-electron chi connectivity index (χ0n) is 11.7. The maximum absolute atomic E-state index is 12.2. The number of likely N-dealkylation sites (tertiary alicyclic amines) is 1. The van der Waals surface area contributed by atoms with E-state index in [4.69, 9.17) is 11.0 Å². The van der Waals surface area contributed by atoms with E-state index in [0.717, 1.165) is 18.4 Å². The minimum atomic E-state index is -0.303. The van der Waals surface area contributed by atoms with Gasteiger partial charge in [0.25, 0.3) is 0 Å². The maximum atomic E-state index is 12.2. The van der Waals surface area contributed by atoms with Crippen molar-refractivity contribution in [3.8, 4) is 6.07 Å². The van der Waals surface area contributed by atoms with Crippen molar-refractivity contribution in [1.29, 1.82) is 5.26 Å². The molecule has 6 nitrogen and oxygen atoms in total. The molecule has 1 aliphatic rings. The van der Waals surface area contributed by atoms with Crippen LogP contribution in [0.4, 0.5) is 5.69 Å². The third-order valence-electron chi connectivity index (χ3n) is 3.70. The lowest BCUT2D eigenvalue weighted by molar-refractivity contribution is -0.131. The fourth-order valence-electron chi connectivity index (χ4n) is 2.61. The fourth-order valence-corrected chi connectivity index (χ4v) is 2.61. The molecule has 21 heavy (non-hydrogen) atoms. The highest BCUT2D eigenvalue weighted by molar-refractivity contribution is 5.77. The first-order valence-corrected chi connectivity index (χ1v) is 7.01. The van der Waals surface area contributed by atoms with Crippen molar-refractivity contribution >= 4 is 11.6 Å². The Balaban J connectivity index is 1.88. The number of nitrogens with two attached hydrogens (primary N) is 1. The Kier molecular flexibility index (Phi) is 5.01. The molecule has 1 fully saturated rings. The summed E-state index contributed by atoms with van der Waals surface area (Å²) in [5.74, 6) is -0.0577. The van der Waals surface area contributed by atoms with Crippen LogP contribution in [0.1, 0.15) is 24.8 Å². The summed E-state index contributed by atoms with van der Waals surface area (Å²) in [5, 5.41) is 11.8. The molecule has 1 aromatic rings. The van der Waals surface area contributed by atoms with Crippen molar-refractivity contribution in [3.05, 3.63) is 34.7 Å². The van der Waals surface area contributed by atoms with Gasteiger partial charge in [0.1, 0.15) is 11.7 Å². The molecular weight excluding hydrogens is 268 g/mol. The maximum Gasteiger partial charge on any atom is 0.225 e. The zero-order valence-corrected chi connectivity index (χ0v) is 11.7. The van der Waals surface area contributed by atoms with Gasteiger partial charge < -0.3 is 10.6 Å². The van der Waals surface area contributed by atoms with E-state index in [-0.39, 0.29) is 24.4 Å². The highest BCUT2D eigenvalue weighted by Gasteiger charge is 2.29. The van der Waals surface area contributed by atoms with Crippen LogP contribution in [0.3, 0.4) is 0 Å². The number of carbonyl (C=O) groups excluding carboxylic acids is 1. The molecule has 1 saturated heterocycles. The number of hydrogen-bond donors (Lipinski definition) is 1. The predicted octanol–water partition coefficient (Wildman–Crippen LogP) is 1.86. The summed E-state index contributed by atoms with van der Waals surface area (Å²) in [6, 6.07) is 8.38. The number of carbonyl (C=O) groups is 1. The summed E-state index contributed by atoms with van der Waals surface area (Å²) in [6.07, 6.45) is 2.40.